The Morgan fingerprint density at radius 3 is 2.77 bits per heavy atom. The number of rotatable bonds is 1. The molecule has 1 unspecified atom stereocenters. The van der Waals surface area contributed by atoms with Crippen LogP contribution < -0.4 is 0 Å². The molecule has 13 heavy (non-hydrogen) atoms. The minimum absolute atomic E-state index is 0.131. The summed E-state index contributed by atoms with van der Waals surface area (Å²) in [6.45, 7) is 1.24. The summed E-state index contributed by atoms with van der Waals surface area (Å²) in [6, 6.07) is -0.131. The molecular formula is C8H13N3O2. The van der Waals surface area contributed by atoms with Gasteiger partial charge in [-0.25, -0.2) is 0 Å². The van der Waals surface area contributed by atoms with E-state index in [-0.39, 0.29) is 6.04 Å². The molecule has 1 atom stereocenters. The molecule has 1 spiro atoms. The first-order chi connectivity index (χ1) is 6.37. The summed E-state index contributed by atoms with van der Waals surface area (Å²) in [5.74, 6) is -0.579. The first-order valence-electron chi connectivity index (χ1n) is 4.69. The van der Waals surface area contributed by atoms with Crippen LogP contribution in [0.15, 0.2) is 5.11 Å². The Labute approximate surface area is 76.6 Å². The van der Waals surface area contributed by atoms with Gasteiger partial charge in [0.15, 0.2) is 5.79 Å². The summed E-state index contributed by atoms with van der Waals surface area (Å²) in [7, 11) is 0. The van der Waals surface area contributed by atoms with Crippen LogP contribution in [0.5, 0.6) is 0 Å². The number of azide groups is 1. The van der Waals surface area contributed by atoms with Gasteiger partial charge in [0.25, 0.3) is 0 Å². The highest BCUT2D eigenvalue weighted by Gasteiger charge is 2.45. The van der Waals surface area contributed by atoms with E-state index >= 15 is 0 Å². The van der Waals surface area contributed by atoms with Crippen LogP contribution in [-0.2, 0) is 9.47 Å². The molecule has 2 fully saturated rings. The highest BCUT2D eigenvalue weighted by Crippen LogP contribution is 2.37. The summed E-state index contributed by atoms with van der Waals surface area (Å²) < 4.78 is 11.1. The van der Waals surface area contributed by atoms with E-state index in [1.54, 1.807) is 0 Å². The molecular weight excluding hydrogens is 170 g/mol. The Balaban J connectivity index is 2.16. The molecule has 0 aromatic carbocycles. The lowest BCUT2D eigenvalue weighted by molar-refractivity contribution is -0.187. The van der Waals surface area contributed by atoms with E-state index in [0.29, 0.717) is 13.2 Å². The highest BCUT2D eigenvalue weighted by molar-refractivity contribution is 4.91. The van der Waals surface area contributed by atoms with Gasteiger partial charge in [-0.2, -0.15) is 0 Å². The minimum atomic E-state index is -0.579. The maximum absolute atomic E-state index is 8.41. The van der Waals surface area contributed by atoms with Crippen molar-refractivity contribution in [2.45, 2.75) is 37.5 Å². The Kier molecular flexibility index (Phi) is 2.40. The van der Waals surface area contributed by atoms with E-state index in [1.165, 1.54) is 0 Å². The van der Waals surface area contributed by atoms with Crippen molar-refractivity contribution in [3.8, 4) is 0 Å². The average Bonchev–Trinajstić information content (AvgIpc) is 2.59. The lowest BCUT2D eigenvalue weighted by Crippen LogP contribution is -2.44. The van der Waals surface area contributed by atoms with Crippen LogP contribution >= 0.6 is 0 Å². The Morgan fingerprint density at radius 2 is 2.08 bits per heavy atom. The van der Waals surface area contributed by atoms with Crippen molar-refractivity contribution in [3.05, 3.63) is 10.4 Å². The van der Waals surface area contributed by atoms with Crippen molar-refractivity contribution < 1.29 is 9.47 Å². The van der Waals surface area contributed by atoms with Crippen molar-refractivity contribution in [1.82, 2.24) is 0 Å². The molecule has 1 aliphatic carbocycles. The van der Waals surface area contributed by atoms with E-state index in [0.717, 1.165) is 25.7 Å². The second-order valence-electron chi connectivity index (χ2n) is 3.48. The van der Waals surface area contributed by atoms with Crippen LogP contribution in [0.1, 0.15) is 25.7 Å². The smallest absolute Gasteiger partial charge is 0.176 e. The molecule has 0 aromatic rings. The van der Waals surface area contributed by atoms with Crippen molar-refractivity contribution in [2.75, 3.05) is 13.2 Å². The fourth-order valence-corrected chi connectivity index (χ4v) is 2.11. The molecule has 1 saturated heterocycles. The van der Waals surface area contributed by atoms with Gasteiger partial charge in [-0.3, -0.25) is 0 Å². The summed E-state index contributed by atoms with van der Waals surface area (Å²) in [5.41, 5.74) is 8.41. The number of ether oxygens (including phenoxy) is 2. The second-order valence-corrected chi connectivity index (χ2v) is 3.48. The van der Waals surface area contributed by atoms with E-state index in [2.05, 4.69) is 10.0 Å². The number of nitrogens with zero attached hydrogens (tertiary/aromatic N) is 3. The summed E-state index contributed by atoms with van der Waals surface area (Å²) in [4.78, 5) is 2.84. The lowest BCUT2D eigenvalue weighted by Gasteiger charge is -2.36. The third kappa shape index (κ3) is 1.50. The van der Waals surface area contributed by atoms with Crippen LogP contribution in [0.4, 0.5) is 0 Å². The van der Waals surface area contributed by atoms with Crippen molar-refractivity contribution in [3.63, 3.8) is 0 Å². The van der Waals surface area contributed by atoms with Crippen LogP contribution in [0, 0.1) is 0 Å². The first kappa shape index (κ1) is 8.81. The summed E-state index contributed by atoms with van der Waals surface area (Å²) in [6.07, 6.45) is 3.93. The maximum atomic E-state index is 8.41. The van der Waals surface area contributed by atoms with Crippen LogP contribution in [-0.4, -0.2) is 25.0 Å². The zero-order valence-electron chi connectivity index (χ0n) is 7.48. The number of hydrogen-bond acceptors (Lipinski definition) is 3. The predicted molar refractivity (Wildman–Crippen MR) is 46.0 cm³/mol. The lowest BCUT2D eigenvalue weighted by atomic mass is 9.89. The largest absolute Gasteiger partial charge is 0.347 e. The standard InChI is InChI=1S/C8H13N3O2/c9-11-10-7-3-1-2-4-8(7)12-5-6-13-8/h7H,1-6H2. The molecule has 0 bridgehead atoms. The third-order valence-corrected chi connectivity index (χ3v) is 2.73. The molecule has 0 radical (unpaired) electrons. The van der Waals surface area contributed by atoms with Crippen molar-refractivity contribution in [1.29, 1.82) is 0 Å². The monoisotopic (exact) mass is 183 g/mol. The van der Waals surface area contributed by atoms with Gasteiger partial charge in [0.1, 0.15) is 0 Å². The SMILES string of the molecule is [N-]=[N+]=NC1CCCCC12OCCO2. The predicted octanol–water partition coefficient (Wildman–Crippen LogP) is 1.98. The quantitative estimate of drug-likeness (QED) is 0.354. The Bertz CT molecular complexity index is 232. The summed E-state index contributed by atoms with van der Waals surface area (Å²) in [5, 5.41) is 3.75. The topological polar surface area (TPSA) is 67.2 Å². The molecule has 0 amide bonds. The van der Waals surface area contributed by atoms with Gasteiger partial charge in [-0.1, -0.05) is 11.5 Å². The zero-order valence-corrected chi connectivity index (χ0v) is 7.48. The van der Waals surface area contributed by atoms with Gasteiger partial charge in [-0.05, 0) is 18.4 Å². The molecule has 5 nitrogen and oxygen atoms in total. The second kappa shape index (κ2) is 3.54. The Hall–Kier alpha value is -0.770. The van der Waals surface area contributed by atoms with E-state index in [4.69, 9.17) is 15.0 Å². The first-order valence-corrected chi connectivity index (χ1v) is 4.69. The van der Waals surface area contributed by atoms with Gasteiger partial charge in [0.05, 0.1) is 19.3 Å². The van der Waals surface area contributed by atoms with Crippen LogP contribution in [0.3, 0.4) is 0 Å². The van der Waals surface area contributed by atoms with E-state index in [1.807, 2.05) is 0 Å². The van der Waals surface area contributed by atoms with E-state index < -0.39 is 5.79 Å². The van der Waals surface area contributed by atoms with Gasteiger partial charge in [-0.15, -0.1) is 0 Å². The molecule has 0 N–H and O–H groups in total. The highest BCUT2D eigenvalue weighted by atomic mass is 16.7. The summed E-state index contributed by atoms with van der Waals surface area (Å²) >= 11 is 0. The van der Waals surface area contributed by atoms with Crippen LogP contribution in [0.25, 0.3) is 10.4 Å². The van der Waals surface area contributed by atoms with Crippen molar-refractivity contribution in [2.24, 2.45) is 5.11 Å². The Morgan fingerprint density at radius 1 is 1.31 bits per heavy atom. The van der Waals surface area contributed by atoms with Crippen LogP contribution in [0.2, 0.25) is 0 Å². The molecule has 1 aliphatic heterocycles. The van der Waals surface area contributed by atoms with E-state index in [9.17, 15) is 0 Å². The van der Waals surface area contributed by atoms with Crippen molar-refractivity contribution >= 4 is 0 Å². The normalized spacial score (nSPS) is 31.5. The van der Waals surface area contributed by atoms with Gasteiger partial charge >= 0.3 is 0 Å². The molecule has 72 valence electrons. The van der Waals surface area contributed by atoms with Gasteiger partial charge < -0.3 is 9.47 Å². The molecule has 2 aliphatic rings. The fourth-order valence-electron chi connectivity index (χ4n) is 2.11. The fraction of sp³-hybridized carbons (Fsp3) is 1.00. The van der Waals surface area contributed by atoms with Gasteiger partial charge in [0.2, 0.25) is 0 Å². The number of hydrogen-bond donors (Lipinski definition) is 0. The molecule has 0 aromatic heterocycles. The molecule has 2 rings (SSSR count). The maximum Gasteiger partial charge on any atom is 0.176 e. The molecule has 1 saturated carbocycles. The molecule has 5 heteroatoms. The zero-order chi connectivity index (χ0) is 9.15. The average molecular weight is 183 g/mol. The molecule has 1 heterocycles. The third-order valence-electron chi connectivity index (χ3n) is 2.73. The minimum Gasteiger partial charge on any atom is -0.347 e. The van der Waals surface area contributed by atoms with Gasteiger partial charge in [0, 0.05) is 11.3 Å².